The van der Waals surface area contributed by atoms with Crippen molar-refractivity contribution in [3.8, 4) is 16.9 Å². The molecule has 0 unspecified atom stereocenters. The first-order chi connectivity index (χ1) is 14.0. The molecule has 0 radical (unpaired) electrons. The minimum atomic E-state index is -1.81. The second-order valence-electron chi connectivity index (χ2n) is 9.64. The van der Waals surface area contributed by atoms with Gasteiger partial charge in [-0.2, -0.15) is 0 Å². The van der Waals surface area contributed by atoms with Crippen LogP contribution in [0.25, 0.3) is 11.1 Å². The Balaban J connectivity index is 1.63. The maximum absolute atomic E-state index is 6.51. The van der Waals surface area contributed by atoms with Gasteiger partial charge in [-0.05, 0) is 72.4 Å². The summed E-state index contributed by atoms with van der Waals surface area (Å²) in [7, 11) is -1.81. The van der Waals surface area contributed by atoms with E-state index in [1.165, 1.54) is 32.7 Å². The van der Waals surface area contributed by atoms with E-state index in [0.29, 0.717) is 0 Å². The molecule has 0 N–H and O–H groups in total. The van der Waals surface area contributed by atoms with Gasteiger partial charge in [0.1, 0.15) is 5.75 Å². The third kappa shape index (κ3) is 5.58. The number of hydrogen-bond acceptors (Lipinski definition) is 2. The highest BCUT2D eigenvalue weighted by molar-refractivity contribution is 7.98. The maximum Gasteiger partial charge on any atom is 0.250 e. The van der Waals surface area contributed by atoms with Crippen molar-refractivity contribution in [1.82, 2.24) is 0 Å². The van der Waals surface area contributed by atoms with Crippen LogP contribution in [0, 0.1) is 13.8 Å². The van der Waals surface area contributed by atoms with Gasteiger partial charge in [-0.15, -0.1) is 11.8 Å². The van der Waals surface area contributed by atoms with Crippen LogP contribution in [0.1, 0.15) is 37.5 Å². The summed E-state index contributed by atoms with van der Waals surface area (Å²) in [6.45, 7) is 15.7. The summed E-state index contributed by atoms with van der Waals surface area (Å²) in [6.07, 6.45) is 0. The molecule has 0 spiro atoms. The van der Waals surface area contributed by atoms with Gasteiger partial charge in [-0.3, -0.25) is 0 Å². The Bertz CT molecular complexity index is 983. The standard InChI is InChI=1S/C27H34OSSi/c1-20-8-12-23(13-9-20)24-14-10-22(11-15-24)19-29-25-16-17-26(21(2)18-25)28-30(6,7)27(3,4)5/h8-18H,19H2,1-7H3. The molecule has 0 amide bonds. The lowest BCUT2D eigenvalue weighted by Gasteiger charge is -2.37. The number of aryl methyl sites for hydroxylation is 2. The van der Waals surface area contributed by atoms with Crippen LogP contribution in [-0.4, -0.2) is 8.32 Å². The lowest BCUT2D eigenvalue weighted by molar-refractivity contribution is 0.489. The van der Waals surface area contributed by atoms with E-state index in [-0.39, 0.29) is 5.04 Å². The van der Waals surface area contributed by atoms with Crippen LogP contribution in [0.4, 0.5) is 0 Å². The van der Waals surface area contributed by atoms with E-state index in [2.05, 4.69) is 114 Å². The van der Waals surface area contributed by atoms with Crippen molar-refractivity contribution >= 4 is 20.1 Å². The zero-order valence-corrected chi connectivity index (χ0v) is 21.2. The van der Waals surface area contributed by atoms with Crippen LogP contribution in [0.5, 0.6) is 5.75 Å². The Labute approximate surface area is 188 Å². The maximum atomic E-state index is 6.51. The Hall–Kier alpha value is -1.97. The average molecular weight is 435 g/mol. The van der Waals surface area contributed by atoms with Crippen LogP contribution >= 0.6 is 11.8 Å². The van der Waals surface area contributed by atoms with E-state index in [4.69, 9.17) is 4.43 Å². The first-order valence-corrected chi connectivity index (χ1v) is 14.5. The molecule has 158 valence electrons. The van der Waals surface area contributed by atoms with Crippen LogP contribution in [-0.2, 0) is 5.75 Å². The SMILES string of the molecule is Cc1ccc(-c2ccc(CSc3ccc(O[Si](C)(C)C(C)(C)C)c(C)c3)cc2)cc1. The molecule has 3 aromatic rings. The van der Waals surface area contributed by atoms with Gasteiger partial charge in [0.05, 0.1) is 0 Å². The van der Waals surface area contributed by atoms with Crippen LogP contribution in [0.3, 0.4) is 0 Å². The Morgan fingerprint density at radius 1 is 0.800 bits per heavy atom. The van der Waals surface area contributed by atoms with Crippen LogP contribution in [0.2, 0.25) is 18.1 Å². The van der Waals surface area contributed by atoms with E-state index < -0.39 is 8.32 Å². The number of benzene rings is 3. The molecule has 0 saturated carbocycles. The second-order valence-corrected chi connectivity index (χ2v) is 15.4. The normalized spacial score (nSPS) is 12.1. The summed E-state index contributed by atoms with van der Waals surface area (Å²) in [6, 6.07) is 24.2. The van der Waals surface area contributed by atoms with Crippen molar-refractivity contribution in [3.05, 3.63) is 83.4 Å². The minimum absolute atomic E-state index is 0.206. The summed E-state index contributed by atoms with van der Waals surface area (Å²) in [5, 5.41) is 0.206. The highest BCUT2D eigenvalue weighted by Gasteiger charge is 2.39. The third-order valence-corrected chi connectivity index (χ3v) is 11.5. The van der Waals surface area contributed by atoms with Crippen molar-refractivity contribution in [1.29, 1.82) is 0 Å². The summed E-state index contributed by atoms with van der Waals surface area (Å²) in [5.74, 6) is 2.00. The number of rotatable bonds is 6. The molecule has 0 aromatic heterocycles. The molecule has 1 nitrogen and oxygen atoms in total. The first-order valence-electron chi connectivity index (χ1n) is 10.6. The van der Waals surface area contributed by atoms with Crippen molar-refractivity contribution in [2.75, 3.05) is 0 Å². The van der Waals surface area contributed by atoms with Gasteiger partial charge in [0.15, 0.2) is 0 Å². The highest BCUT2D eigenvalue weighted by Crippen LogP contribution is 2.39. The predicted molar refractivity (Wildman–Crippen MR) is 135 cm³/mol. The minimum Gasteiger partial charge on any atom is -0.543 e. The average Bonchev–Trinajstić information content (AvgIpc) is 2.68. The second kappa shape index (κ2) is 9.03. The third-order valence-electron chi connectivity index (χ3n) is 6.06. The summed E-state index contributed by atoms with van der Waals surface area (Å²) < 4.78 is 6.51. The van der Waals surface area contributed by atoms with Crippen molar-refractivity contribution in [2.45, 2.75) is 63.4 Å². The lowest BCUT2D eigenvalue weighted by atomic mass is 10.0. The Morgan fingerprint density at radius 3 is 1.90 bits per heavy atom. The van der Waals surface area contributed by atoms with E-state index in [0.717, 1.165) is 11.5 Å². The molecule has 0 aliphatic rings. The smallest absolute Gasteiger partial charge is 0.250 e. The first kappa shape index (κ1) is 22.7. The van der Waals surface area contributed by atoms with Crippen LogP contribution in [0.15, 0.2) is 71.6 Å². The fourth-order valence-corrected chi connectivity index (χ4v) is 5.00. The van der Waals surface area contributed by atoms with Gasteiger partial charge in [0, 0.05) is 10.6 Å². The summed E-state index contributed by atoms with van der Waals surface area (Å²) in [5.41, 5.74) is 6.40. The molecule has 3 aromatic carbocycles. The fraction of sp³-hybridized carbons (Fsp3) is 0.333. The van der Waals surface area contributed by atoms with Gasteiger partial charge >= 0.3 is 0 Å². The van der Waals surface area contributed by atoms with Crippen LogP contribution < -0.4 is 4.43 Å². The van der Waals surface area contributed by atoms with Gasteiger partial charge < -0.3 is 4.43 Å². The highest BCUT2D eigenvalue weighted by atomic mass is 32.2. The van der Waals surface area contributed by atoms with E-state index in [9.17, 15) is 0 Å². The van der Waals surface area contributed by atoms with E-state index >= 15 is 0 Å². The molecule has 0 heterocycles. The van der Waals surface area contributed by atoms with Gasteiger partial charge in [-0.25, -0.2) is 0 Å². The van der Waals surface area contributed by atoms with Crippen molar-refractivity contribution < 1.29 is 4.43 Å². The molecule has 30 heavy (non-hydrogen) atoms. The Morgan fingerprint density at radius 2 is 1.37 bits per heavy atom. The van der Waals surface area contributed by atoms with Crippen molar-refractivity contribution in [2.24, 2.45) is 0 Å². The zero-order valence-electron chi connectivity index (χ0n) is 19.4. The van der Waals surface area contributed by atoms with Gasteiger partial charge in [0.25, 0.3) is 0 Å². The zero-order chi connectivity index (χ0) is 21.9. The Kier molecular flexibility index (Phi) is 6.83. The van der Waals surface area contributed by atoms with E-state index in [1.54, 1.807) is 0 Å². The molecule has 3 heteroatoms. The molecule has 0 bridgehead atoms. The fourth-order valence-electron chi connectivity index (χ4n) is 2.96. The lowest BCUT2D eigenvalue weighted by Crippen LogP contribution is -2.44. The quantitative estimate of drug-likeness (QED) is 0.283. The molecule has 0 saturated heterocycles. The molecule has 0 atom stereocenters. The summed E-state index contributed by atoms with van der Waals surface area (Å²) in [4.78, 5) is 1.29. The topological polar surface area (TPSA) is 9.23 Å². The molecule has 0 aliphatic carbocycles. The predicted octanol–water partition coefficient (Wildman–Crippen LogP) is 8.65. The molecule has 0 fully saturated rings. The van der Waals surface area contributed by atoms with Gasteiger partial charge in [-0.1, -0.05) is 74.9 Å². The molecular formula is C27H34OSSi. The summed E-state index contributed by atoms with van der Waals surface area (Å²) >= 11 is 1.88. The van der Waals surface area contributed by atoms with Crippen molar-refractivity contribution in [3.63, 3.8) is 0 Å². The van der Waals surface area contributed by atoms with E-state index in [1.807, 2.05) is 11.8 Å². The monoisotopic (exact) mass is 434 g/mol. The molecular weight excluding hydrogens is 400 g/mol. The number of hydrogen-bond donors (Lipinski definition) is 0. The number of thioether (sulfide) groups is 1. The molecule has 0 aliphatic heterocycles. The molecule has 3 rings (SSSR count). The largest absolute Gasteiger partial charge is 0.543 e. The van der Waals surface area contributed by atoms with Gasteiger partial charge in [0.2, 0.25) is 8.32 Å².